The number of hydrogen-bond acceptors (Lipinski definition) is 4. The molecular formula is C27H21N3O3. The van der Waals surface area contributed by atoms with Gasteiger partial charge in [-0.15, -0.1) is 0 Å². The Morgan fingerprint density at radius 1 is 0.970 bits per heavy atom. The molecule has 2 N–H and O–H groups in total. The molecule has 33 heavy (non-hydrogen) atoms. The molecule has 0 aliphatic rings. The lowest BCUT2D eigenvalue weighted by Crippen LogP contribution is -2.13. The predicted molar refractivity (Wildman–Crippen MR) is 128 cm³/mol. The number of nitrogens with one attached hydrogen (secondary N) is 2. The van der Waals surface area contributed by atoms with Crippen molar-refractivity contribution >= 4 is 11.6 Å². The fourth-order valence-electron chi connectivity index (χ4n) is 3.49. The summed E-state index contributed by atoms with van der Waals surface area (Å²) in [5, 5.41) is 12.4. The highest BCUT2D eigenvalue weighted by Crippen LogP contribution is 2.29. The van der Waals surface area contributed by atoms with E-state index in [2.05, 4.69) is 10.3 Å². The minimum atomic E-state index is -0.468. The normalized spacial score (nSPS) is 10.3. The average Bonchev–Trinajstić information content (AvgIpc) is 2.84. The second-order valence-corrected chi connectivity index (χ2v) is 7.54. The number of nitriles is 1. The zero-order chi connectivity index (χ0) is 23.4. The summed E-state index contributed by atoms with van der Waals surface area (Å²) in [5.74, 6) is 0.432. The van der Waals surface area contributed by atoms with E-state index in [0.717, 1.165) is 11.1 Å². The molecule has 1 heterocycles. The second-order valence-electron chi connectivity index (χ2n) is 7.54. The van der Waals surface area contributed by atoms with Gasteiger partial charge in [0, 0.05) is 22.5 Å². The fourth-order valence-corrected chi connectivity index (χ4v) is 3.49. The molecule has 4 rings (SSSR count). The van der Waals surface area contributed by atoms with Gasteiger partial charge in [0.15, 0.2) is 0 Å². The van der Waals surface area contributed by atoms with Crippen LogP contribution in [0.25, 0.3) is 22.4 Å². The van der Waals surface area contributed by atoms with Crippen molar-refractivity contribution in [3.8, 4) is 34.2 Å². The molecule has 0 bridgehead atoms. The van der Waals surface area contributed by atoms with Gasteiger partial charge in [0.1, 0.15) is 17.4 Å². The summed E-state index contributed by atoms with van der Waals surface area (Å²) in [6.07, 6.45) is 0. The summed E-state index contributed by atoms with van der Waals surface area (Å²) in [4.78, 5) is 27.8. The number of carbonyl (C=O) groups is 1. The first kappa shape index (κ1) is 21.6. The van der Waals surface area contributed by atoms with E-state index in [1.165, 1.54) is 0 Å². The van der Waals surface area contributed by atoms with Gasteiger partial charge < -0.3 is 15.0 Å². The smallest absolute Gasteiger partial charge is 0.266 e. The van der Waals surface area contributed by atoms with Crippen LogP contribution in [0, 0.1) is 18.3 Å². The molecule has 4 aromatic rings. The van der Waals surface area contributed by atoms with E-state index < -0.39 is 5.56 Å². The average molecular weight is 435 g/mol. The van der Waals surface area contributed by atoms with Crippen molar-refractivity contribution in [3.63, 3.8) is 0 Å². The molecule has 1 aromatic heterocycles. The lowest BCUT2D eigenvalue weighted by atomic mass is 9.99. The Kier molecular flexibility index (Phi) is 6.05. The number of hydrogen-bond donors (Lipinski definition) is 2. The number of ether oxygens (including phenoxy) is 1. The van der Waals surface area contributed by atoms with Crippen molar-refractivity contribution in [3.05, 3.63) is 106 Å². The number of anilines is 1. The van der Waals surface area contributed by atoms with E-state index in [0.29, 0.717) is 33.8 Å². The van der Waals surface area contributed by atoms with Crippen molar-refractivity contribution < 1.29 is 9.53 Å². The van der Waals surface area contributed by atoms with E-state index in [1.54, 1.807) is 61.7 Å². The first-order valence-electron chi connectivity index (χ1n) is 10.3. The SMILES string of the molecule is COc1cccc(-c2cc(-c3ccc(NC(=O)c4ccc(C)cc4)cc3)[nH]c(=O)c2C#N)c1. The number of aryl methyl sites for hydroxylation is 1. The maximum atomic E-state index is 12.6. The van der Waals surface area contributed by atoms with Gasteiger partial charge in [-0.3, -0.25) is 9.59 Å². The third-order valence-electron chi connectivity index (χ3n) is 5.29. The van der Waals surface area contributed by atoms with Crippen LogP contribution >= 0.6 is 0 Å². The van der Waals surface area contributed by atoms with Gasteiger partial charge in [-0.2, -0.15) is 5.26 Å². The van der Waals surface area contributed by atoms with Crippen LogP contribution in [0.2, 0.25) is 0 Å². The molecule has 6 nitrogen and oxygen atoms in total. The van der Waals surface area contributed by atoms with Gasteiger partial charge in [-0.05, 0) is 60.5 Å². The predicted octanol–water partition coefficient (Wildman–Crippen LogP) is 5.15. The van der Waals surface area contributed by atoms with Gasteiger partial charge in [0.05, 0.1) is 7.11 Å². The topological polar surface area (TPSA) is 95.0 Å². The van der Waals surface area contributed by atoms with Crippen LogP contribution < -0.4 is 15.6 Å². The highest BCUT2D eigenvalue weighted by Gasteiger charge is 2.13. The summed E-state index contributed by atoms with van der Waals surface area (Å²) in [6, 6.07) is 25.5. The number of aromatic nitrogens is 1. The number of amides is 1. The van der Waals surface area contributed by atoms with Crippen LogP contribution in [-0.2, 0) is 0 Å². The van der Waals surface area contributed by atoms with Crippen molar-refractivity contribution in [2.75, 3.05) is 12.4 Å². The maximum absolute atomic E-state index is 12.6. The van der Waals surface area contributed by atoms with Gasteiger partial charge >= 0.3 is 0 Å². The molecule has 0 aliphatic heterocycles. The van der Waals surface area contributed by atoms with Crippen LogP contribution in [-0.4, -0.2) is 18.0 Å². The van der Waals surface area contributed by atoms with E-state index in [4.69, 9.17) is 4.74 Å². The second kappa shape index (κ2) is 9.25. The van der Waals surface area contributed by atoms with Crippen molar-refractivity contribution in [2.45, 2.75) is 6.92 Å². The van der Waals surface area contributed by atoms with Crippen LogP contribution in [0.1, 0.15) is 21.5 Å². The largest absolute Gasteiger partial charge is 0.497 e. The summed E-state index contributed by atoms with van der Waals surface area (Å²) in [6.45, 7) is 1.97. The minimum absolute atomic E-state index is 0.0361. The number of carbonyl (C=O) groups excluding carboxylic acids is 1. The Balaban J connectivity index is 1.64. The number of H-pyrrole nitrogens is 1. The molecule has 0 saturated carbocycles. The van der Waals surface area contributed by atoms with Gasteiger partial charge in [0.25, 0.3) is 11.5 Å². The highest BCUT2D eigenvalue weighted by atomic mass is 16.5. The summed E-state index contributed by atoms with van der Waals surface area (Å²) < 4.78 is 5.27. The fraction of sp³-hybridized carbons (Fsp3) is 0.0741. The van der Waals surface area contributed by atoms with E-state index in [-0.39, 0.29) is 11.5 Å². The minimum Gasteiger partial charge on any atom is -0.497 e. The molecule has 0 fully saturated rings. The summed E-state index contributed by atoms with van der Waals surface area (Å²) in [7, 11) is 1.56. The molecular weight excluding hydrogens is 414 g/mol. The third kappa shape index (κ3) is 4.68. The standard InChI is InChI=1S/C27H21N3O3/c1-17-6-8-19(9-7-17)26(31)29-21-12-10-18(11-13-21)25-15-23(24(16-28)27(32)30-25)20-4-3-5-22(14-20)33-2/h3-15H,1-2H3,(H,29,31)(H,30,32). The van der Waals surface area contributed by atoms with Gasteiger partial charge in [-0.25, -0.2) is 0 Å². The quantitative estimate of drug-likeness (QED) is 0.453. The molecule has 3 aromatic carbocycles. The Bertz CT molecular complexity index is 1410. The van der Waals surface area contributed by atoms with Crippen molar-refractivity contribution in [1.29, 1.82) is 5.26 Å². The van der Waals surface area contributed by atoms with Crippen LogP contribution in [0.5, 0.6) is 5.75 Å². The van der Waals surface area contributed by atoms with Crippen LogP contribution in [0.4, 0.5) is 5.69 Å². The first-order chi connectivity index (χ1) is 16.0. The number of methoxy groups -OCH3 is 1. The number of benzene rings is 3. The zero-order valence-corrected chi connectivity index (χ0v) is 18.2. The molecule has 0 atom stereocenters. The number of rotatable bonds is 5. The molecule has 0 saturated heterocycles. The third-order valence-corrected chi connectivity index (χ3v) is 5.29. The number of nitrogens with zero attached hydrogens (tertiary/aromatic N) is 1. The molecule has 1 amide bonds. The lowest BCUT2D eigenvalue weighted by Gasteiger charge is -2.10. The summed E-state index contributed by atoms with van der Waals surface area (Å²) >= 11 is 0. The van der Waals surface area contributed by atoms with E-state index >= 15 is 0 Å². The zero-order valence-electron chi connectivity index (χ0n) is 18.2. The Morgan fingerprint density at radius 3 is 2.36 bits per heavy atom. The molecule has 0 spiro atoms. The van der Waals surface area contributed by atoms with E-state index in [9.17, 15) is 14.9 Å². The van der Waals surface area contributed by atoms with Crippen molar-refractivity contribution in [2.24, 2.45) is 0 Å². The molecule has 0 unspecified atom stereocenters. The highest BCUT2D eigenvalue weighted by molar-refractivity contribution is 6.04. The number of aromatic amines is 1. The maximum Gasteiger partial charge on any atom is 0.266 e. The van der Waals surface area contributed by atoms with Crippen LogP contribution in [0.15, 0.2) is 83.7 Å². The monoisotopic (exact) mass is 435 g/mol. The molecule has 0 radical (unpaired) electrons. The van der Waals surface area contributed by atoms with Gasteiger partial charge in [-0.1, -0.05) is 42.0 Å². The Morgan fingerprint density at radius 2 is 1.70 bits per heavy atom. The van der Waals surface area contributed by atoms with E-state index in [1.807, 2.05) is 37.3 Å². The van der Waals surface area contributed by atoms with Crippen LogP contribution in [0.3, 0.4) is 0 Å². The Labute approximate surface area is 191 Å². The Hall–Kier alpha value is -4.63. The molecule has 0 aliphatic carbocycles. The summed E-state index contributed by atoms with van der Waals surface area (Å²) in [5.41, 5.74) is 4.39. The van der Waals surface area contributed by atoms with Crippen molar-refractivity contribution in [1.82, 2.24) is 4.98 Å². The molecule has 6 heteroatoms. The van der Waals surface area contributed by atoms with Gasteiger partial charge in [0.2, 0.25) is 0 Å². The molecule has 162 valence electrons. The number of pyridine rings is 1. The lowest BCUT2D eigenvalue weighted by molar-refractivity contribution is 0.102. The first-order valence-corrected chi connectivity index (χ1v) is 10.3.